The second-order valence-corrected chi connectivity index (χ2v) is 6.16. The number of hydrogen-bond acceptors (Lipinski definition) is 3. The Morgan fingerprint density at radius 3 is 2.80 bits per heavy atom. The quantitative estimate of drug-likeness (QED) is 0.805. The molecule has 1 atom stereocenters. The molecule has 1 aromatic carbocycles. The molecule has 2 heterocycles. The van der Waals surface area contributed by atoms with Crippen molar-refractivity contribution < 1.29 is 9.59 Å². The molecule has 130 valence electrons. The topological polar surface area (TPSA) is 83.1 Å². The maximum atomic E-state index is 12.3. The molecule has 0 saturated carbocycles. The van der Waals surface area contributed by atoms with Crippen LogP contribution in [0.3, 0.4) is 0 Å². The van der Waals surface area contributed by atoms with Crippen molar-refractivity contribution in [3.05, 3.63) is 48.3 Å². The van der Waals surface area contributed by atoms with E-state index in [9.17, 15) is 9.59 Å². The molecule has 2 aromatic rings. The van der Waals surface area contributed by atoms with Gasteiger partial charge in [0, 0.05) is 18.3 Å². The Hall–Kier alpha value is -2.89. The molecule has 1 aromatic heterocycles. The third-order valence-corrected chi connectivity index (χ3v) is 4.28. The standard InChI is InChI=1S/C19H22N4O2/c1-13-17(11-15(12-21-13)14-7-3-2-4-8-14)23-19(25)22-16-9-5-6-10-20-18(16)24/h2-4,7-8,11-12,16H,5-6,9-10H2,1H3,(H,20,24)(H2,22,23,25). The number of pyridine rings is 1. The van der Waals surface area contributed by atoms with Crippen LogP contribution < -0.4 is 16.0 Å². The van der Waals surface area contributed by atoms with E-state index < -0.39 is 12.1 Å². The summed E-state index contributed by atoms with van der Waals surface area (Å²) in [6.45, 7) is 2.50. The molecule has 1 aliphatic heterocycles. The monoisotopic (exact) mass is 338 g/mol. The summed E-state index contributed by atoms with van der Waals surface area (Å²) in [6.07, 6.45) is 4.29. The number of benzene rings is 1. The smallest absolute Gasteiger partial charge is 0.319 e. The van der Waals surface area contributed by atoms with Crippen molar-refractivity contribution in [1.29, 1.82) is 0 Å². The van der Waals surface area contributed by atoms with E-state index in [0.717, 1.165) is 29.7 Å². The zero-order valence-electron chi connectivity index (χ0n) is 14.2. The normalized spacial score (nSPS) is 17.3. The lowest BCUT2D eigenvalue weighted by molar-refractivity contribution is -0.122. The molecule has 1 aliphatic rings. The molecule has 0 aliphatic carbocycles. The van der Waals surface area contributed by atoms with Crippen molar-refractivity contribution in [2.24, 2.45) is 0 Å². The van der Waals surface area contributed by atoms with Crippen LogP contribution in [0.25, 0.3) is 11.1 Å². The van der Waals surface area contributed by atoms with Crippen LogP contribution in [-0.4, -0.2) is 29.5 Å². The van der Waals surface area contributed by atoms with Gasteiger partial charge in [0.1, 0.15) is 6.04 Å². The second-order valence-electron chi connectivity index (χ2n) is 6.16. The van der Waals surface area contributed by atoms with Gasteiger partial charge in [-0.1, -0.05) is 30.3 Å². The summed E-state index contributed by atoms with van der Waals surface area (Å²) in [4.78, 5) is 28.6. The Morgan fingerprint density at radius 1 is 1.20 bits per heavy atom. The summed E-state index contributed by atoms with van der Waals surface area (Å²) in [6, 6.07) is 10.9. The van der Waals surface area contributed by atoms with Gasteiger partial charge in [-0.2, -0.15) is 0 Å². The zero-order valence-corrected chi connectivity index (χ0v) is 14.2. The number of urea groups is 1. The Labute approximate surface area is 147 Å². The van der Waals surface area contributed by atoms with Crippen LogP contribution in [-0.2, 0) is 4.79 Å². The van der Waals surface area contributed by atoms with E-state index in [1.54, 1.807) is 6.20 Å². The molecule has 0 bridgehead atoms. The molecule has 3 N–H and O–H groups in total. The van der Waals surface area contributed by atoms with Crippen LogP contribution in [0.1, 0.15) is 25.0 Å². The number of carbonyl (C=O) groups excluding carboxylic acids is 2. The first-order valence-electron chi connectivity index (χ1n) is 8.51. The summed E-state index contributed by atoms with van der Waals surface area (Å²) in [7, 11) is 0. The number of aromatic nitrogens is 1. The maximum Gasteiger partial charge on any atom is 0.319 e. The highest BCUT2D eigenvalue weighted by Gasteiger charge is 2.22. The summed E-state index contributed by atoms with van der Waals surface area (Å²) in [5.74, 6) is -0.125. The first-order valence-corrected chi connectivity index (χ1v) is 8.51. The number of nitrogens with one attached hydrogen (secondary N) is 3. The number of hydrogen-bond donors (Lipinski definition) is 3. The summed E-state index contributed by atoms with van der Waals surface area (Å²) < 4.78 is 0. The highest BCUT2D eigenvalue weighted by Crippen LogP contribution is 2.23. The molecular formula is C19H22N4O2. The predicted octanol–water partition coefficient (Wildman–Crippen LogP) is 2.85. The van der Waals surface area contributed by atoms with E-state index >= 15 is 0 Å². The van der Waals surface area contributed by atoms with Crippen LogP contribution in [0.2, 0.25) is 0 Å². The van der Waals surface area contributed by atoms with Gasteiger partial charge < -0.3 is 16.0 Å². The van der Waals surface area contributed by atoms with Gasteiger partial charge >= 0.3 is 6.03 Å². The van der Waals surface area contributed by atoms with Crippen LogP contribution in [0.4, 0.5) is 10.5 Å². The van der Waals surface area contributed by atoms with E-state index in [0.29, 0.717) is 18.7 Å². The fourth-order valence-electron chi connectivity index (χ4n) is 2.84. The van der Waals surface area contributed by atoms with Gasteiger partial charge in [-0.3, -0.25) is 9.78 Å². The number of anilines is 1. The number of rotatable bonds is 3. The Bertz CT molecular complexity index is 761. The maximum absolute atomic E-state index is 12.3. The SMILES string of the molecule is Cc1ncc(-c2ccccc2)cc1NC(=O)NC1CCCCNC1=O. The van der Waals surface area contributed by atoms with Crippen LogP contribution in [0.5, 0.6) is 0 Å². The van der Waals surface area contributed by atoms with Crippen LogP contribution in [0, 0.1) is 6.92 Å². The van der Waals surface area contributed by atoms with Gasteiger partial charge in [0.05, 0.1) is 11.4 Å². The zero-order chi connectivity index (χ0) is 17.6. The second kappa shape index (κ2) is 7.79. The van der Waals surface area contributed by atoms with E-state index in [1.807, 2.05) is 43.3 Å². The minimum atomic E-state index is -0.493. The largest absolute Gasteiger partial charge is 0.354 e. The van der Waals surface area contributed by atoms with Crippen molar-refractivity contribution in [3.63, 3.8) is 0 Å². The lowest BCUT2D eigenvalue weighted by Crippen LogP contribution is -2.47. The Kier molecular flexibility index (Phi) is 5.28. The van der Waals surface area contributed by atoms with Crippen LogP contribution >= 0.6 is 0 Å². The number of nitrogens with zero attached hydrogens (tertiary/aromatic N) is 1. The number of carbonyl (C=O) groups is 2. The average Bonchev–Trinajstić information content (AvgIpc) is 2.82. The van der Waals surface area contributed by atoms with E-state index in [4.69, 9.17) is 0 Å². The minimum Gasteiger partial charge on any atom is -0.354 e. The van der Waals surface area contributed by atoms with Gasteiger partial charge in [-0.25, -0.2) is 4.79 Å². The predicted molar refractivity (Wildman–Crippen MR) is 97.2 cm³/mol. The molecule has 0 spiro atoms. The molecule has 1 unspecified atom stereocenters. The van der Waals surface area contributed by atoms with Crippen molar-refractivity contribution in [3.8, 4) is 11.1 Å². The third kappa shape index (κ3) is 4.35. The van der Waals surface area contributed by atoms with Crippen molar-refractivity contribution in [1.82, 2.24) is 15.6 Å². The van der Waals surface area contributed by atoms with Gasteiger partial charge in [0.15, 0.2) is 0 Å². The molecule has 3 rings (SSSR count). The van der Waals surface area contributed by atoms with Crippen LogP contribution in [0.15, 0.2) is 42.6 Å². The molecule has 25 heavy (non-hydrogen) atoms. The highest BCUT2D eigenvalue weighted by atomic mass is 16.2. The number of amides is 3. The molecule has 0 radical (unpaired) electrons. The van der Waals surface area contributed by atoms with E-state index in [-0.39, 0.29) is 5.91 Å². The van der Waals surface area contributed by atoms with E-state index in [1.165, 1.54) is 0 Å². The molecule has 1 saturated heterocycles. The lowest BCUT2D eigenvalue weighted by atomic mass is 10.1. The minimum absolute atomic E-state index is 0.125. The molecule has 3 amide bonds. The first-order chi connectivity index (χ1) is 12.1. The molecular weight excluding hydrogens is 316 g/mol. The van der Waals surface area contributed by atoms with Gasteiger partial charge in [-0.15, -0.1) is 0 Å². The number of aryl methyl sites for hydroxylation is 1. The van der Waals surface area contributed by atoms with E-state index in [2.05, 4.69) is 20.9 Å². The summed E-state index contributed by atoms with van der Waals surface area (Å²) in [5, 5.41) is 8.38. The highest BCUT2D eigenvalue weighted by molar-refractivity contribution is 5.94. The Balaban J connectivity index is 1.71. The first kappa shape index (κ1) is 17.0. The lowest BCUT2D eigenvalue weighted by Gasteiger charge is -2.16. The van der Waals surface area contributed by atoms with Crippen molar-refractivity contribution in [2.45, 2.75) is 32.2 Å². The summed E-state index contributed by atoms with van der Waals surface area (Å²) in [5.41, 5.74) is 3.31. The van der Waals surface area contributed by atoms with Crippen molar-refractivity contribution >= 4 is 17.6 Å². The fraction of sp³-hybridized carbons (Fsp3) is 0.316. The fourth-order valence-corrected chi connectivity index (χ4v) is 2.84. The van der Waals surface area contributed by atoms with Gasteiger partial charge in [0.25, 0.3) is 0 Å². The molecule has 6 nitrogen and oxygen atoms in total. The van der Waals surface area contributed by atoms with Crippen molar-refractivity contribution in [2.75, 3.05) is 11.9 Å². The van der Waals surface area contributed by atoms with Gasteiger partial charge in [0.2, 0.25) is 5.91 Å². The Morgan fingerprint density at radius 2 is 2.00 bits per heavy atom. The van der Waals surface area contributed by atoms with Gasteiger partial charge in [-0.05, 0) is 37.8 Å². The average molecular weight is 338 g/mol. The third-order valence-electron chi connectivity index (χ3n) is 4.28. The summed E-state index contributed by atoms with van der Waals surface area (Å²) >= 11 is 0. The molecule has 6 heteroatoms. The molecule has 1 fully saturated rings.